The Labute approximate surface area is 167 Å². The molecule has 2 nitrogen and oxygen atoms in total. The SMILES string of the molecule is C[Si](C)(C)/C=C/C(=C\[Si](C)(C)C)C(=O)O[C@H]1CCCC[C@@H]1c1ccccc1. The van der Waals surface area contributed by atoms with Gasteiger partial charge in [-0.3, -0.25) is 0 Å². The van der Waals surface area contributed by atoms with Crippen molar-refractivity contribution in [2.24, 2.45) is 0 Å². The first kappa shape index (κ1) is 21.9. The van der Waals surface area contributed by atoms with Gasteiger partial charge in [-0.1, -0.05) is 93.5 Å². The van der Waals surface area contributed by atoms with Crippen LogP contribution in [0.25, 0.3) is 0 Å². The molecule has 1 aromatic rings. The van der Waals surface area contributed by atoms with E-state index in [1.807, 2.05) is 12.1 Å². The Morgan fingerprint density at radius 2 is 1.59 bits per heavy atom. The highest BCUT2D eigenvalue weighted by molar-refractivity contribution is 6.82. The lowest BCUT2D eigenvalue weighted by molar-refractivity contribution is -0.146. The number of esters is 1. The topological polar surface area (TPSA) is 26.3 Å². The highest BCUT2D eigenvalue weighted by Gasteiger charge is 2.30. The summed E-state index contributed by atoms with van der Waals surface area (Å²) in [6.07, 6.45) is 6.43. The van der Waals surface area contributed by atoms with Gasteiger partial charge in [-0.15, -0.1) is 0 Å². The number of hydrogen-bond acceptors (Lipinski definition) is 2. The third-order valence-corrected chi connectivity index (χ3v) is 7.12. The van der Waals surface area contributed by atoms with Crippen LogP contribution in [0.3, 0.4) is 0 Å². The van der Waals surface area contributed by atoms with E-state index in [9.17, 15) is 4.79 Å². The van der Waals surface area contributed by atoms with Gasteiger partial charge in [-0.2, -0.15) is 0 Å². The lowest BCUT2D eigenvalue weighted by Gasteiger charge is -2.31. The van der Waals surface area contributed by atoms with E-state index in [2.05, 4.69) is 74.9 Å². The van der Waals surface area contributed by atoms with Gasteiger partial charge in [-0.05, 0) is 24.8 Å². The largest absolute Gasteiger partial charge is 0.458 e. The Hall–Kier alpha value is -1.40. The summed E-state index contributed by atoms with van der Waals surface area (Å²) in [5.41, 5.74) is 6.49. The van der Waals surface area contributed by atoms with E-state index in [0.717, 1.165) is 24.8 Å². The molecule has 0 amide bonds. The highest BCUT2D eigenvalue weighted by Crippen LogP contribution is 2.35. The molecule has 4 heteroatoms. The average Bonchev–Trinajstić information content (AvgIpc) is 2.58. The second-order valence-electron chi connectivity index (χ2n) is 9.91. The van der Waals surface area contributed by atoms with Crippen LogP contribution >= 0.6 is 0 Å². The van der Waals surface area contributed by atoms with Gasteiger partial charge in [0.2, 0.25) is 0 Å². The molecule has 0 spiro atoms. The Bertz CT molecular complexity index is 679. The molecular weight excluding hydrogens is 364 g/mol. The predicted octanol–water partition coefficient (Wildman–Crippen LogP) is 6.49. The van der Waals surface area contributed by atoms with E-state index in [-0.39, 0.29) is 12.1 Å². The van der Waals surface area contributed by atoms with E-state index in [4.69, 9.17) is 4.74 Å². The van der Waals surface area contributed by atoms with Crippen molar-refractivity contribution in [3.63, 3.8) is 0 Å². The molecule has 0 radical (unpaired) electrons. The Kier molecular flexibility index (Phi) is 7.46. The lowest BCUT2D eigenvalue weighted by Crippen LogP contribution is -2.30. The van der Waals surface area contributed by atoms with E-state index in [1.54, 1.807) is 0 Å². The molecule has 2 atom stereocenters. The summed E-state index contributed by atoms with van der Waals surface area (Å²) >= 11 is 0. The summed E-state index contributed by atoms with van der Waals surface area (Å²) in [7, 11) is -2.90. The minimum atomic E-state index is -1.52. The minimum absolute atomic E-state index is 0.0148. The maximum Gasteiger partial charge on any atom is 0.337 e. The maximum absolute atomic E-state index is 13.1. The van der Waals surface area contributed by atoms with E-state index in [1.165, 1.54) is 12.0 Å². The fourth-order valence-corrected chi connectivity index (χ4v) is 5.33. The monoisotopic (exact) mass is 400 g/mol. The second-order valence-corrected chi connectivity index (χ2v) is 20.0. The predicted molar refractivity (Wildman–Crippen MR) is 121 cm³/mol. The molecule has 148 valence electrons. The molecule has 0 bridgehead atoms. The molecule has 0 heterocycles. The van der Waals surface area contributed by atoms with Crippen molar-refractivity contribution in [3.05, 3.63) is 58.9 Å². The van der Waals surface area contributed by atoms with Crippen LogP contribution in [0.5, 0.6) is 0 Å². The molecular formula is C23H36O2Si2. The molecule has 1 fully saturated rings. The third kappa shape index (κ3) is 7.62. The molecule has 0 unspecified atom stereocenters. The van der Waals surface area contributed by atoms with Gasteiger partial charge in [-0.25, -0.2) is 4.79 Å². The van der Waals surface area contributed by atoms with Crippen LogP contribution in [0, 0.1) is 0 Å². The molecule has 0 saturated heterocycles. The molecule has 27 heavy (non-hydrogen) atoms. The lowest BCUT2D eigenvalue weighted by atomic mass is 9.81. The standard InChI is InChI=1S/C23H36O2Si2/c1-26(2,3)17-16-20(18-27(4,5)6)23(24)25-22-15-11-10-14-21(22)19-12-8-7-9-13-19/h7-9,12-13,16-18,21-22H,10-11,14-15H2,1-6H3/b17-16+,20-18+/t21-,22+/m1/s1. The zero-order valence-electron chi connectivity index (χ0n) is 17.9. The maximum atomic E-state index is 13.1. The number of rotatable bonds is 6. The normalized spacial score (nSPS) is 22.1. The van der Waals surface area contributed by atoms with Crippen molar-refractivity contribution in [1.29, 1.82) is 0 Å². The van der Waals surface area contributed by atoms with Crippen LogP contribution in [-0.2, 0) is 9.53 Å². The smallest absolute Gasteiger partial charge is 0.337 e. The Morgan fingerprint density at radius 3 is 2.19 bits per heavy atom. The van der Waals surface area contributed by atoms with E-state index >= 15 is 0 Å². The number of carbonyl (C=O) groups excluding carboxylic acids is 1. The zero-order valence-corrected chi connectivity index (χ0v) is 19.9. The van der Waals surface area contributed by atoms with Crippen molar-refractivity contribution in [1.82, 2.24) is 0 Å². The summed E-state index contributed by atoms with van der Waals surface area (Å²) in [6, 6.07) is 10.5. The van der Waals surface area contributed by atoms with Crippen molar-refractivity contribution in [2.45, 2.75) is 77.0 Å². The molecule has 1 aromatic carbocycles. The van der Waals surface area contributed by atoms with Crippen molar-refractivity contribution >= 4 is 22.1 Å². The summed E-state index contributed by atoms with van der Waals surface area (Å²) in [5, 5.41) is 0. The van der Waals surface area contributed by atoms with Crippen LogP contribution in [0.1, 0.15) is 37.2 Å². The first-order valence-corrected chi connectivity index (χ1v) is 17.4. The van der Waals surface area contributed by atoms with Gasteiger partial charge in [0.1, 0.15) is 6.10 Å². The highest BCUT2D eigenvalue weighted by atomic mass is 28.3. The van der Waals surface area contributed by atoms with Gasteiger partial charge in [0.25, 0.3) is 0 Å². The summed E-state index contributed by atoms with van der Waals surface area (Å²) in [6.45, 7) is 13.6. The molecule has 1 aliphatic rings. The van der Waals surface area contributed by atoms with Gasteiger partial charge in [0.05, 0.1) is 21.7 Å². The number of benzene rings is 1. The number of carbonyl (C=O) groups is 1. The molecule has 0 N–H and O–H groups in total. The van der Waals surface area contributed by atoms with Gasteiger partial charge in [0.15, 0.2) is 0 Å². The second kappa shape index (κ2) is 9.20. The van der Waals surface area contributed by atoms with Crippen LogP contribution in [0.15, 0.2) is 53.4 Å². The van der Waals surface area contributed by atoms with E-state index < -0.39 is 16.1 Å². The van der Waals surface area contributed by atoms with Crippen molar-refractivity contribution in [3.8, 4) is 0 Å². The van der Waals surface area contributed by atoms with Crippen LogP contribution in [0.2, 0.25) is 39.3 Å². The molecule has 2 rings (SSSR count). The van der Waals surface area contributed by atoms with Crippen molar-refractivity contribution in [2.75, 3.05) is 0 Å². The first-order chi connectivity index (χ1) is 12.6. The minimum Gasteiger partial charge on any atom is -0.458 e. The molecule has 1 saturated carbocycles. The quantitative estimate of drug-likeness (QED) is 0.236. The fourth-order valence-electron chi connectivity index (χ4n) is 3.51. The Balaban J connectivity index is 2.21. The molecule has 0 aliphatic heterocycles. The summed E-state index contributed by atoms with van der Waals surface area (Å²) in [4.78, 5) is 13.1. The van der Waals surface area contributed by atoms with E-state index in [0.29, 0.717) is 5.92 Å². The zero-order chi connectivity index (χ0) is 20.1. The van der Waals surface area contributed by atoms with Crippen LogP contribution < -0.4 is 0 Å². The van der Waals surface area contributed by atoms with Crippen LogP contribution in [0.4, 0.5) is 0 Å². The first-order valence-electron chi connectivity index (χ1n) is 10.2. The number of hydrogen-bond donors (Lipinski definition) is 0. The third-order valence-electron chi connectivity index (χ3n) is 4.78. The molecule has 0 aromatic heterocycles. The molecule has 1 aliphatic carbocycles. The summed E-state index contributed by atoms with van der Waals surface area (Å²) in [5.74, 6) is 0.178. The van der Waals surface area contributed by atoms with Gasteiger partial charge >= 0.3 is 5.97 Å². The van der Waals surface area contributed by atoms with Crippen molar-refractivity contribution < 1.29 is 9.53 Å². The summed E-state index contributed by atoms with van der Waals surface area (Å²) < 4.78 is 6.11. The number of ether oxygens (including phenoxy) is 1. The van der Waals surface area contributed by atoms with Crippen LogP contribution in [-0.4, -0.2) is 28.2 Å². The van der Waals surface area contributed by atoms with Gasteiger partial charge in [0, 0.05) is 5.92 Å². The fraction of sp³-hybridized carbons (Fsp3) is 0.522. The Morgan fingerprint density at radius 1 is 0.963 bits per heavy atom. The van der Waals surface area contributed by atoms with Gasteiger partial charge < -0.3 is 4.74 Å². The average molecular weight is 401 g/mol.